The molecule has 0 aliphatic carbocycles. The van der Waals surface area contributed by atoms with Gasteiger partial charge < -0.3 is 5.11 Å². The fourth-order valence-electron chi connectivity index (χ4n) is 1.93. The van der Waals surface area contributed by atoms with Gasteiger partial charge in [0.15, 0.2) is 0 Å². The molecule has 106 valence electrons. The Morgan fingerprint density at radius 3 is 2.67 bits per heavy atom. The molecule has 0 amide bonds. The third kappa shape index (κ3) is 2.43. The molecule has 0 spiro atoms. The minimum absolute atomic E-state index is 0.147. The molecular formula is C14H10FN3O2S. The van der Waals surface area contributed by atoms with Gasteiger partial charge >= 0.3 is 5.97 Å². The van der Waals surface area contributed by atoms with E-state index in [4.69, 9.17) is 5.11 Å². The van der Waals surface area contributed by atoms with E-state index in [0.717, 1.165) is 5.56 Å². The van der Waals surface area contributed by atoms with Gasteiger partial charge in [0.1, 0.15) is 11.4 Å². The SMILES string of the molecule is Cc1c(C(=O)O)cnn1-c1nc(-c2ccc(F)cc2)cs1. The van der Waals surface area contributed by atoms with E-state index in [1.807, 2.05) is 5.38 Å². The Bertz CT molecular complexity index is 808. The van der Waals surface area contributed by atoms with E-state index in [1.54, 1.807) is 19.1 Å². The number of rotatable bonds is 3. The van der Waals surface area contributed by atoms with Crippen LogP contribution in [0.3, 0.4) is 0 Å². The molecular weight excluding hydrogens is 293 g/mol. The maximum absolute atomic E-state index is 12.9. The largest absolute Gasteiger partial charge is 0.478 e. The molecule has 0 atom stereocenters. The van der Waals surface area contributed by atoms with Crippen molar-refractivity contribution in [1.29, 1.82) is 0 Å². The molecule has 1 aromatic carbocycles. The van der Waals surface area contributed by atoms with Crippen molar-refractivity contribution >= 4 is 17.3 Å². The zero-order valence-corrected chi connectivity index (χ0v) is 11.8. The molecule has 0 aliphatic rings. The van der Waals surface area contributed by atoms with Crippen LogP contribution in [0, 0.1) is 12.7 Å². The van der Waals surface area contributed by atoms with Gasteiger partial charge in [-0.2, -0.15) is 5.10 Å². The van der Waals surface area contributed by atoms with Crippen molar-refractivity contribution < 1.29 is 14.3 Å². The summed E-state index contributed by atoms with van der Waals surface area (Å²) < 4.78 is 14.4. The van der Waals surface area contributed by atoms with E-state index in [9.17, 15) is 9.18 Å². The first-order valence-electron chi connectivity index (χ1n) is 6.06. The molecule has 21 heavy (non-hydrogen) atoms. The van der Waals surface area contributed by atoms with Crippen LogP contribution in [-0.2, 0) is 0 Å². The molecule has 0 fully saturated rings. The average molecular weight is 303 g/mol. The summed E-state index contributed by atoms with van der Waals surface area (Å²) in [6, 6.07) is 6.03. The number of benzene rings is 1. The zero-order valence-electron chi connectivity index (χ0n) is 10.9. The quantitative estimate of drug-likeness (QED) is 0.807. The maximum atomic E-state index is 12.9. The zero-order chi connectivity index (χ0) is 15.0. The summed E-state index contributed by atoms with van der Waals surface area (Å²) in [5.74, 6) is -1.32. The van der Waals surface area contributed by atoms with Gasteiger partial charge in [0.25, 0.3) is 0 Å². The fourth-order valence-corrected chi connectivity index (χ4v) is 2.77. The lowest BCUT2D eigenvalue weighted by atomic mass is 10.2. The predicted octanol–water partition coefficient (Wildman–Crippen LogP) is 3.14. The van der Waals surface area contributed by atoms with E-state index in [1.165, 1.54) is 34.3 Å². The second kappa shape index (κ2) is 5.10. The van der Waals surface area contributed by atoms with E-state index >= 15 is 0 Å². The lowest BCUT2D eigenvalue weighted by Crippen LogP contribution is -2.02. The summed E-state index contributed by atoms with van der Waals surface area (Å²) in [6.07, 6.45) is 1.30. The lowest BCUT2D eigenvalue weighted by Gasteiger charge is -1.99. The van der Waals surface area contributed by atoms with E-state index in [2.05, 4.69) is 10.1 Å². The van der Waals surface area contributed by atoms with E-state index in [0.29, 0.717) is 16.5 Å². The Morgan fingerprint density at radius 2 is 2.05 bits per heavy atom. The topological polar surface area (TPSA) is 68.0 Å². The van der Waals surface area contributed by atoms with Crippen molar-refractivity contribution in [3.05, 3.63) is 52.9 Å². The number of carbonyl (C=O) groups is 1. The summed E-state index contributed by atoms with van der Waals surface area (Å²) in [4.78, 5) is 15.4. The van der Waals surface area contributed by atoms with Crippen LogP contribution in [0.2, 0.25) is 0 Å². The summed E-state index contributed by atoms with van der Waals surface area (Å²) >= 11 is 1.34. The van der Waals surface area contributed by atoms with Gasteiger partial charge in [-0.1, -0.05) is 0 Å². The number of carboxylic acids is 1. The summed E-state index contributed by atoms with van der Waals surface area (Å²) in [6.45, 7) is 1.68. The van der Waals surface area contributed by atoms with Gasteiger partial charge in [-0.05, 0) is 31.2 Å². The number of aromatic carboxylic acids is 1. The Hall–Kier alpha value is -2.54. The molecule has 0 saturated carbocycles. The molecule has 0 saturated heterocycles. The second-order valence-electron chi connectivity index (χ2n) is 4.38. The molecule has 3 aromatic rings. The molecule has 1 N–H and O–H groups in total. The third-order valence-corrected chi connectivity index (χ3v) is 3.87. The molecule has 0 aliphatic heterocycles. The Balaban J connectivity index is 1.99. The number of aromatic nitrogens is 3. The Kier molecular flexibility index (Phi) is 3.26. The highest BCUT2D eigenvalue weighted by atomic mass is 32.1. The summed E-state index contributed by atoms with van der Waals surface area (Å²) in [5.41, 5.74) is 2.15. The van der Waals surface area contributed by atoms with Crippen molar-refractivity contribution in [3.63, 3.8) is 0 Å². The molecule has 0 unspecified atom stereocenters. The normalized spacial score (nSPS) is 10.8. The van der Waals surface area contributed by atoms with E-state index in [-0.39, 0.29) is 11.4 Å². The molecule has 7 heteroatoms. The molecule has 2 aromatic heterocycles. The van der Waals surface area contributed by atoms with Gasteiger partial charge in [-0.25, -0.2) is 18.9 Å². The van der Waals surface area contributed by atoms with Gasteiger partial charge in [-0.3, -0.25) is 0 Å². The molecule has 5 nitrogen and oxygen atoms in total. The summed E-state index contributed by atoms with van der Waals surface area (Å²) in [7, 11) is 0. The number of hydrogen-bond acceptors (Lipinski definition) is 4. The number of halogens is 1. The van der Waals surface area contributed by atoms with Gasteiger partial charge in [-0.15, -0.1) is 11.3 Å². The first-order valence-corrected chi connectivity index (χ1v) is 6.94. The predicted molar refractivity (Wildman–Crippen MR) is 76.3 cm³/mol. The maximum Gasteiger partial charge on any atom is 0.339 e. The molecule has 3 rings (SSSR count). The Morgan fingerprint density at radius 1 is 1.33 bits per heavy atom. The van der Waals surface area contributed by atoms with Gasteiger partial charge in [0.2, 0.25) is 5.13 Å². The second-order valence-corrected chi connectivity index (χ2v) is 5.22. The standard InChI is InChI=1S/C14H10FN3O2S/c1-8-11(13(19)20)6-16-18(8)14-17-12(7-21-14)9-2-4-10(15)5-3-9/h2-7H,1H3,(H,19,20). The van der Waals surface area contributed by atoms with Crippen molar-refractivity contribution in [2.24, 2.45) is 0 Å². The molecule has 2 heterocycles. The minimum Gasteiger partial charge on any atom is -0.478 e. The Labute approximate surface area is 123 Å². The van der Waals surface area contributed by atoms with Crippen LogP contribution in [-0.4, -0.2) is 25.8 Å². The average Bonchev–Trinajstić information content (AvgIpc) is 3.06. The smallest absolute Gasteiger partial charge is 0.339 e. The third-order valence-electron chi connectivity index (χ3n) is 3.05. The van der Waals surface area contributed by atoms with Crippen LogP contribution in [0.4, 0.5) is 4.39 Å². The number of hydrogen-bond donors (Lipinski definition) is 1. The molecule has 0 radical (unpaired) electrons. The van der Waals surface area contributed by atoms with Crippen LogP contribution < -0.4 is 0 Å². The van der Waals surface area contributed by atoms with Crippen molar-refractivity contribution in [2.75, 3.05) is 0 Å². The number of carboxylic acid groups (broad SMARTS) is 1. The van der Waals surface area contributed by atoms with Crippen LogP contribution in [0.15, 0.2) is 35.8 Å². The lowest BCUT2D eigenvalue weighted by molar-refractivity contribution is 0.0696. The fraction of sp³-hybridized carbons (Fsp3) is 0.0714. The van der Waals surface area contributed by atoms with Crippen LogP contribution in [0.1, 0.15) is 16.1 Å². The highest BCUT2D eigenvalue weighted by Gasteiger charge is 2.16. The number of nitrogens with zero attached hydrogens (tertiary/aromatic N) is 3. The number of thiazole rings is 1. The van der Waals surface area contributed by atoms with Crippen LogP contribution in [0.25, 0.3) is 16.4 Å². The van der Waals surface area contributed by atoms with Gasteiger partial charge in [0.05, 0.1) is 17.6 Å². The highest BCUT2D eigenvalue weighted by molar-refractivity contribution is 7.12. The van der Waals surface area contributed by atoms with Crippen molar-refractivity contribution in [1.82, 2.24) is 14.8 Å². The monoisotopic (exact) mass is 303 g/mol. The van der Waals surface area contributed by atoms with Crippen LogP contribution in [0.5, 0.6) is 0 Å². The van der Waals surface area contributed by atoms with Crippen LogP contribution >= 0.6 is 11.3 Å². The first kappa shape index (κ1) is 13.4. The minimum atomic E-state index is -1.02. The highest BCUT2D eigenvalue weighted by Crippen LogP contribution is 2.25. The van der Waals surface area contributed by atoms with Gasteiger partial charge in [0, 0.05) is 10.9 Å². The summed E-state index contributed by atoms with van der Waals surface area (Å²) in [5, 5.41) is 15.5. The van der Waals surface area contributed by atoms with E-state index < -0.39 is 5.97 Å². The first-order chi connectivity index (χ1) is 10.1. The van der Waals surface area contributed by atoms with Crippen molar-refractivity contribution in [3.8, 4) is 16.4 Å². The van der Waals surface area contributed by atoms with Crippen molar-refractivity contribution in [2.45, 2.75) is 6.92 Å². The molecule has 0 bridgehead atoms.